The Hall–Kier alpha value is -3.92. The van der Waals surface area contributed by atoms with Crippen LogP contribution >= 0.6 is 0 Å². The van der Waals surface area contributed by atoms with Gasteiger partial charge in [-0.25, -0.2) is 27.9 Å². The highest BCUT2D eigenvalue weighted by atomic mass is 19.4. The molecule has 16 heteroatoms. The standard InChI is InChI=1S/C39H45F6N5O5/c1-22-12-23-14-24(13-22)38(16-23,35(52)53)48-34(51)29-17-46-33(47-32(29)39(43,44)45)30-18-50(25-4-8-37(41,42)9-5-25)31-15-27(2-3-28(30)31)55-26-6-10-49(11-7-26)19-36(40)20-54-21-36/h2-3,15,17-18,22-26H,4-14,16,19-21H2,1H3,(H,48,51)(H,52,53). The number of aliphatic carboxylic acids is 1. The summed E-state index contributed by atoms with van der Waals surface area (Å²) in [5.74, 6) is -5.26. The molecule has 8 rings (SSSR count). The number of carboxylic acid groups (broad SMARTS) is 1. The average Bonchev–Trinajstić information content (AvgIpc) is 3.61. The van der Waals surface area contributed by atoms with E-state index >= 15 is 0 Å². The lowest BCUT2D eigenvalue weighted by atomic mass is 9.78. The molecule has 4 heterocycles. The number of ether oxygens (including phenoxy) is 2. The summed E-state index contributed by atoms with van der Waals surface area (Å²) in [5.41, 5.74) is -4.64. The van der Waals surface area contributed by atoms with E-state index in [1.165, 1.54) is 0 Å². The predicted molar refractivity (Wildman–Crippen MR) is 188 cm³/mol. The van der Waals surface area contributed by atoms with Gasteiger partial charge in [-0.15, -0.1) is 0 Å². The SMILES string of the molecule is CC1CC2CC(C1)C(NC(=O)c1cnc(-c3cn(C4CCC(F)(F)CC4)c4cc(OC5CCN(CC6(F)COC6)CC5)ccc34)nc1C(F)(F)F)(C(=O)O)C2. The van der Waals surface area contributed by atoms with Crippen LogP contribution in [0.25, 0.3) is 22.3 Å². The third-order valence-electron chi connectivity index (χ3n) is 12.6. The first-order chi connectivity index (χ1) is 26.0. The maximum absolute atomic E-state index is 14.7. The Labute approximate surface area is 314 Å². The smallest absolute Gasteiger partial charge is 0.434 e. The summed E-state index contributed by atoms with van der Waals surface area (Å²) in [5, 5.41) is 13.2. The van der Waals surface area contributed by atoms with Gasteiger partial charge in [0.05, 0.1) is 24.3 Å². The first kappa shape index (κ1) is 38.0. The molecule has 5 aliphatic rings. The molecule has 2 aliphatic heterocycles. The second kappa shape index (κ2) is 13.9. The lowest BCUT2D eigenvalue weighted by Gasteiger charge is -2.40. The molecule has 4 atom stereocenters. The highest BCUT2D eigenvalue weighted by Gasteiger charge is 2.56. The maximum Gasteiger partial charge on any atom is 0.434 e. The molecule has 5 fully saturated rings. The van der Waals surface area contributed by atoms with Crippen molar-refractivity contribution in [2.24, 2.45) is 17.8 Å². The summed E-state index contributed by atoms with van der Waals surface area (Å²) in [4.78, 5) is 36.4. The van der Waals surface area contributed by atoms with Gasteiger partial charge in [0.15, 0.2) is 17.2 Å². The number of hydrogen-bond acceptors (Lipinski definition) is 7. The Balaban J connectivity index is 1.09. The first-order valence-corrected chi connectivity index (χ1v) is 19.2. The Morgan fingerprint density at radius 2 is 1.78 bits per heavy atom. The van der Waals surface area contributed by atoms with E-state index in [9.17, 15) is 41.0 Å². The highest BCUT2D eigenvalue weighted by molar-refractivity contribution is 6.00. The van der Waals surface area contributed by atoms with E-state index in [-0.39, 0.29) is 80.7 Å². The Morgan fingerprint density at radius 3 is 2.44 bits per heavy atom. The number of benzene rings is 1. The van der Waals surface area contributed by atoms with Crippen LogP contribution in [0.2, 0.25) is 0 Å². The van der Waals surface area contributed by atoms with Crippen molar-refractivity contribution < 1.29 is 50.5 Å². The number of carbonyl (C=O) groups excluding carboxylic acids is 1. The lowest BCUT2D eigenvalue weighted by Crippen LogP contribution is -2.57. The van der Waals surface area contributed by atoms with Gasteiger partial charge >= 0.3 is 12.1 Å². The number of carbonyl (C=O) groups is 2. The number of hydrogen-bond donors (Lipinski definition) is 2. The van der Waals surface area contributed by atoms with Crippen molar-refractivity contribution in [3.63, 3.8) is 0 Å². The number of likely N-dealkylation sites (tertiary alicyclic amines) is 1. The normalized spacial score (nSPS) is 28.5. The summed E-state index contributed by atoms with van der Waals surface area (Å²) >= 11 is 0. The molecule has 0 spiro atoms. The van der Waals surface area contributed by atoms with Crippen LogP contribution in [0, 0.1) is 17.8 Å². The molecular formula is C39H45F6N5O5. The summed E-state index contributed by atoms with van der Waals surface area (Å²) in [6.45, 7) is 3.77. The lowest BCUT2D eigenvalue weighted by molar-refractivity contribution is -0.146. The van der Waals surface area contributed by atoms with Crippen LogP contribution in [-0.4, -0.2) is 92.5 Å². The van der Waals surface area contributed by atoms with Crippen LogP contribution in [0.5, 0.6) is 5.75 Å². The monoisotopic (exact) mass is 777 g/mol. The van der Waals surface area contributed by atoms with E-state index in [1.54, 1.807) is 29.0 Å². The fourth-order valence-electron chi connectivity index (χ4n) is 9.85. The zero-order chi connectivity index (χ0) is 38.9. The second-order valence-electron chi connectivity index (χ2n) is 16.7. The molecule has 10 nitrogen and oxygen atoms in total. The number of fused-ring (bicyclic) bond motifs is 3. The summed E-state index contributed by atoms with van der Waals surface area (Å²) in [6.07, 6.45) is 0.0391. The fraction of sp³-hybridized carbons (Fsp3) is 0.641. The number of nitrogens with one attached hydrogen (secondary N) is 1. The number of amides is 1. The number of carboxylic acids is 1. The van der Waals surface area contributed by atoms with Crippen molar-refractivity contribution in [2.75, 3.05) is 32.8 Å². The number of nitrogens with zero attached hydrogens (tertiary/aromatic N) is 4. The zero-order valence-corrected chi connectivity index (χ0v) is 30.5. The van der Waals surface area contributed by atoms with Gasteiger partial charge in [0, 0.05) is 67.9 Å². The molecule has 1 aromatic carbocycles. The van der Waals surface area contributed by atoms with Crippen molar-refractivity contribution >= 4 is 22.8 Å². The van der Waals surface area contributed by atoms with Gasteiger partial charge in [0.1, 0.15) is 17.4 Å². The molecule has 3 saturated carbocycles. The first-order valence-electron chi connectivity index (χ1n) is 19.2. The van der Waals surface area contributed by atoms with Crippen LogP contribution in [-0.2, 0) is 15.7 Å². The van der Waals surface area contributed by atoms with E-state index in [0.717, 1.165) is 12.6 Å². The quantitative estimate of drug-likeness (QED) is 0.215. The van der Waals surface area contributed by atoms with Gasteiger partial charge in [-0.05, 0) is 81.3 Å². The van der Waals surface area contributed by atoms with Crippen molar-refractivity contribution in [2.45, 2.75) is 107 Å². The van der Waals surface area contributed by atoms with Crippen LogP contribution in [0.1, 0.15) is 93.2 Å². The van der Waals surface area contributed by atoms with Gasteiger partial charge < -0.3 is 24.5 Å². The van der Waals surface area contributed by atoms with E-state index in [4.69, 9.17) is 9.47 Å². The minimum atomic E-state index is -5.10. The largest absolute Gasteiger partial charge is 0.490 e. The van der Waals surface area contributed by atoms with Crippen LogP contribution < -0.4 is 10.1 Å². The molecule has 298 valence electrons. The molecule has 4 unspecified atom stereocenters. The minimum Gasteiger partial charge on any atom is -0.490 e. The van der Waals surface area contributed by atoms with E-state index < -0.39 is 52.4 Å². The van der Waals surface area contributed by atoms with Crippen molar-refractivity contribution in [1.29, 1.82) is 0 Å². The molecule has 0 radical (unpaired) electrons. The molecule has 2 bridgehead atoms. The number of rotatable bonds is 9. The topological polar surface area (TPSA) is 119 Å². The Bertz CT molecular complexity index is 1950. The van der Waals surface area contributed by atoms with E-state index in [2.05, 4.69) is 20.2 Å². The third-order valence-corrected chi connectivity index (χ3v) is 12.6. The van der Waals surface area contributed by atoms with Crippen LogP contribution in [0.15, 0.2) is 30.6 Å². The molecule has 1 amide bonds. The number of piperidine rings is 1. The molecule has 2 saturated heterocycles. The molecular weight excluding hydrogens is 732 g/mol. The van der Waals surface area contributed by atoms with Gasteiger partial charge in [0.25, 0.3) is 5.91 Å². The van der Waals surface area contributed by atoms with Crippen molar-refractivity contribution in [3.05, 3.63) is 41.9 Å². The van der Waals surface area contributed by atoms with Gasteiger partial charge in [-0.1, -0.05) is 6.92 Å². The van der Waals surface area contributed by atoms with Gasteiger partial charge in [-0.2, -0.15) is 13.2 Å². The number of halogens is 6. The summed E-state index contributed by atoms with van der Waals surface area (Å²) in [7, 11) is 0. The number of aromatic nitrogens is 3. The van der Waals surface area contributed by atoms with Crippen molar-refractivity contribution in [1.82, 2.24) is 24.8 Å². The summed E-state index contributed by atoms with van der Waals surface area (Å²) < 4.78 is 100. The van der Waals surface area contributed by atoms with Crippen molar-refractivity contribution in [3.8, 4) is 17.1 Å². The molecule has 3 aliphatic carbocycles. The minimum absolute atomic E-state index is 0.0420. The fourth-order valence-corrected chi connectivity index (χ4v) is 9.85. The summed E-state index contributed by atoms with van der Waals surface area (Å²) in [6, 6.07) is 4.73. The molecule has 2 N–H and O–H groups in total. The maximum atomic E-state index is 14.7. The molecule has 55 heavy (non-hydrogen) atoms. The zero-order valence-electron chi connectivity index (χ0n) is 30.5. The van der Waals surface area contributed by atoms with Crippen LogP contribution in [0.4, 0.5) is 26.3 Å². The van der Waals surface area contributed by atoms with E-state index in [1.807, 2.05) is 6.92 Å². The third kappa shape index (κ3) is 7.40. The molecule has 3 aromatic rings. The van der Waals surface area contributed by atoms with E-state index in [0.29, 0.717) is 62.0 Å². The average molecular weight is 778 g/mol. The Morgan fingerprint density at radius 1 is 1.05 bits per heavy atom. The second-order valence-corrected chi connectivity index (χ2v) is 16.7. The van der Waals surface area contributed by atoms with Crippen LogP contribution in [0.3, 0.4) is 0 Å². The highest BCUT2D eigenvalue weighted by Crippen LogP contribution is 2.51. The number of alkyl halides is 6. The van der Waals surface area contributed by atoms with Gasteiger partial charge in [-0.3, -0.25) is 9.69 Å². The predicted octanol–water partition coefficient (Wildman–Crippen LogP) is 7.46. The van der Waals surface area contributed by atoms with Gasteiger partial charge in [0.2, 0.25) is 5.92 Å². The Kier molecular flexibility index (Phi) is 9.61. The molecule has 2 aromatic heterocycles.